The first kappa shape index (κ1) is 7.50. The molecule has 0 aromatic carbocycles. The van der Waals surface area contributed by atoms with Crippen LogP contribution in [0.15, 0.2) is 16.6 Å². The highest BCUT2D eigenvalue weighted by Gasteiger charge is 1.99. The fourth-order valence-electron chi connectivity index (χ4n) is 0.599. The number of nitrogens with zero attached hydrogens (tertiary/aromatic N) is 1. The first-order valence-electron chi connectivity index (χ1n) is 2.74. The van der Waals surface area contributed by atoms with E-state index in [1.807, 2.05) is 19.1 Å². The van der Waals surface area contributed by atoms with Gasteiger partial charge >= 0.3 is 0 Å². The van der Waals surface area contributed by atoms with Crippen molar-refractivity contribution in [3.63, 3.8) is 0 Å². The van der Waals surface area contributed by atoms with E-state index in [1.165, 1.54) is 0 Å². The molecular weight excluding hydrogens is 196 g/mol. The summed E-state index contributed by atoms with van der Waals surface area (Å²) in [6, 6.07) is 3.71. The van der Waals surface area contributed by atoms with Gasteiger partial charge in [-0.15, -0.1) is 0 Å². The second kappa shape index (κ2) is 2.98. The molecule has 0 unspecified atom stereocenters. The minimum absolute atomic E-state index is 0.417. The molecule has 0 amide bonds. The van der Waals surface area contributed by atoms with Crippen LogP contribution in [0, 0.1) is 6.92 Å². The molecular formula is C6H7BrN2O. The highest BCUT2D eigenvalue weighted by molar-refractivity contribution is 9.10. The van der Waals surface area contributed by atoms with Crippen molar-refractivity contribution in [2.75, 3.05) is 0 Å². The second-order valence-corrected chi connectivity index (χ2v) is 2.71. The highest BCUT2D eigenvalue weighted by atomic mass is 79.9. The second-order valence-electron chi connectivity index (χ2n) is 1.86. The van der Waals surface area contributed by atoms with Gasteiger partial charge in [-0.3, -0.25) is 0 Å². The van der Waals surface area contributed by atoms with Crippen molar-refractivity contribution < 1.29 is 4.84 Å². The molecule has 0 saturated heterocycles. The zero-order chi connectivity index (χ0) is 7.56. The summed E-state index contributed by atoms with van der Waals surface area (Å²) in [6.45, 7) is 1.87. The zero-order valence-electron chi connectivity index (χ0n) is 5.47. The van der Waals surface area contributed by atoms with Gasteiger partial charge in [0.05, 0.1) is 4.47 Å². The summed E-state index contributed by atoms with van der Waals surface area (Å²) in [6.07, 6.45) is 0. The minimum atomic E-state index is 0.417. The summed E-state index contributed by atoms with van der Waals surface area (Å²) in [5.41, 5.74) is 0.878. The van der Waals surface area contributed by atoms with Crippen LogP contribution in [-0.2, 0) is 0 Å². The topological polar surface area (TPSA) is 48.1 Å². The van der Waals surface area contributed by atoms with Crippen LogP contribution in [-0.4, -0.2) is 4.98 Å². The van der Waals surface area contributed by atoms with Gasteiger partial charge in [0, 0.05) is 5.69 Å². The molecule has 0 spiro atoms. The van der Waals surface area contributed by atoms with Crippen molar-refractivity contribution in [3.8, 4) is 5.88 Å². The van der Waals surface area contributed by atoms with Gasteiger partial charge < -0.3 is 4.84 Å². The van der Waals surface area contributed by atoms with E-state index >= 15 is 0 Å². The van der Waals surface area contributed by atoms with Crippen molar-refractivity contribution in [1.82, 2.24) is 4.98 Å². The van der Waals surface area contributed by atoms with Crippen molar-refractivity contribution in [3.05, 3.63) is 22.3 Å². The number of rotatable bonds is 1. The number of pyridine rings is 1. The van der Waals surface area contributed by atoms with Gasteiger partial charge in [0.25, 0.3) is 5.88 Å². The lowest BCUT2D eigenvalue weighted by Gasteiger charge is -1.99. The molecule has 3 nitrogen and oxygen atoms in total. The first-order valence-corrected chi connectivity index (χ1v) is 3.53. The summed E-state index contributed by atoms with van der Waals surface area (Å²) in [5, 5.41) is 0. The van der Waals surface area contributed by atoms with Crippen LogP contribution in [0.5, 0.6) is 5.88 Å². The van der Waals surface area contributed by atoms with Gasteiger partial charge in [-0.05, 0) is 35.0 Å². The zero-order valence-corrected chi connectivity index (χ0v) is 7.05. The Morgan fingerprint density at radius 2 is 2.30 bits per heavy atom. The maximum Gasteiger partial charge on any atom is 0.251 e. The first-order chi connectivity index (χ1) is 4.74. The number of halogens is 1. The standard InChI is InChI=1S/C6H7BrN2O/c1-4-2-3-5(7)6(9-4)10-8/h2-3H,8H2,1H3. The van der Waals surface area contributed by atoms with Crippen LogP contribution in [0.3, 0.4) is 0 Å². The Bertz CT molecular complexity index is 239. The minimum Gasteiger partial charge on any atom is -0.390 e. The largest absolute Gasteiger partial charge is 0.390 e. The van der Waals surface area contributed by atoms with E-state index in [0.717, 1.165) is 10.2 Å². The van der Waals surface area contributed by atoms with E-state index in [1.54, 1.807) is 0 Å². The van der Waals surface area contributed by atoms with Crippen molar-refractivity contribution >= 4 is 15.9 Å². The summed E-state index contributed by atoms with van der Waals surface area (Å²) in [5.74, 6) is 5.34. The molecule has 10 heavy (non-hydrogen) atoms. The van der Waals surface area contributed by atoms with Crippen molar-refractivity contribution in [2.24, 2.45) is 5.90 Å². The third-order valence-corrected chi connectivity index (χ3v) is 1.67. The van der Waals surface area contributed by atoms with Crippen LogP contribution in [0.1, 0.15) is 5.69 Å². The Kier molecular flexibility index (Phi) is 2.24. The molecule has 1 rings (SSSR count). The number of nitrogens with two attached hydrogens (primary N) is 1. The van der Waals surface area contributed by atoms with E-state index in [0.29, 0.717) is 5.88 Å². The predicted octanol–water partition coefficient (Wildman–Crippen LogP) is 1.41. The molecule has 1 aromatic rings. The molecule has 54 valence electrons. The van der Waals surface area contributed by atoms with E-state index in [4.69, 9.17) is 5.90 Å². The molecule has 4 heteroatoms. The van der Waals surface area contributed by atoms with Crippen LogP contribution in [0.25, 0.3) is 0 Å². The normalized spacial score (nSPS) is 9.50. The average Bonchev–Trinajstić information content (AvgIpc) is 1.94. The van der Waals surface area contributed by atoms with Crippen molar-refractivity contribution in [1.29, 1.82) is 0 Å². The van der Waals surface area contributed by atoms with E-state index in [9.17, 15) is 0 Å². The van der Waals surface area contributed by atoms with Gasteiger partial charge in [-0.25, -0.2) is 4.98 Å². The Labute approximate surface area is 67.3 Å². The quantitative estimate of drug-likeness (QED) is 0.701. The Hall–Kier alpha value is -0.610. The molecule has 2 N–H and O–H groups in total. The molecule has 0 radical (unpaired) electrons. The van der Waals surface area contributed by atoms with Crippen LogP contribution >= 0.6 is 15.9 Å². The molecule has 0 bridgehead atoms. The monoisotopic (exact) mass is 202 g/mol. The van der Waals surface area contributed by atoms with E-state index in [2.05, 4.69) is 25.8 Å². The Morgan fingerprint density at radius 1 is 1.60 bits per heavy atom. The molecule has 0 aliphatic heterocycles. The smallest absolute Gasteiger partial charge is 0.251 e. The van der Waals surface area contributed by atoms with Crippen molar-refractivity contribution in [2.45, 2.75) is 6.92 Å². The van der Waals surface area contributed by atoms with Crippen LogP contribution in [0.4, 0.5) is 0 Å². The SMILES string of the molecule is Cc1ccc(Br)c(ON)n1. The fourth-order valence-corrected chi connectivity index (χ4v) is 0.913. The van der Waals surface area contributed by atoms with Gasteiger partial charge in [-0.1, -0.05) is 0 Å². The highest BCUT2D eigenvalue weighted by Crippen LogP contribution is 2.20. The number of aryl methyl sites for hydroxylation is 1. The van der Waals surface area contributed by atoms with Crippen LogP contribution < -0.4 is 10.7 Å². The molecule has 0 aliphatic carbocycles. The van der Waals surface area contributed by atoms with Gasteiger partial charge in [0.1, 0.15) is 0 Å². The fraction of sp³-hybridized carbons (Fsp3) is 0.167. The molecule has 1 aromatic heterocycles. The summed E-state index contributed by atoms with van der Waals surface area (Å²) < 4.78 is 0.764. The lowest BCUT2D eigenvalue weighted by atomic mass is 10.4. The molecule has 1 heterocycles. The Balaban J connectivity index is 3.09. The van der Waals surface area contributed by atoms with Gasteiger partial charge in [-0.2, -0.15) is 5.90 Å². The maximum atomic E-state index is 4.93. The van der Waals surface area contributed by atoms with Crippen LogP contribution in [0.2, 0.25) is 0 Å². The molecule has 0 fully saturated rings. The predicted molar refractivity (Wildman–Crippen MR) is 41.5 cm³/mol. The lowest BCUT2D eigenvalue weighted by molar-refractivity contribution is 0.318. The lowest BCUT2D eigenvalue weighted by Crippen LogP contribution is -2.04. The third kappa shape index (κ3) is 1.46. The number of hydrogen-bond donors (Lipinski definition) is 1. The summed E-state index contributed by atoms with van der Waals surface area (Å²) in [4.78, 5) is 8.46. The van der Waals surface area contributed by atoms with E-state index in [-0.39, 0.29) is 0 Å². The summed E-state index contributed by atoms with van der Waals surface area (Å²) in [7, 11) is 0. The van der Waals surface area contributed by atoms with Gasteiger partial charge in [0.15, 0.2) is 0 Å². The average molecular weight is 203 g/mol. The maximum absolute atomic E-state index is 4.93. The number of hydrogen-bond acceptors (Lipinski definition) is 3. The Morgan fingerprint density at radius 3 is 2.80 bits per heavy atom. The molecule has 0 atom stereocenters. The summed E-state index contributed by atoms with van der Waals surface area (Å²) >= 11 is 3.22. The third-order valence-electron chi connectivity index (χ3n) is 1.06. The van der Waals surface area contributed by atoms with E-state index < -0.39 is 0 Å². The van der Waals surface area contributed by atoms with Gasteiger partial charge in [0.2, 0.25) is 0 Å². The number of aromatic nitrogens is 1. The molecule has 0 aliphatic rings. The molecule has 0 saturated carbocycles.